The van der Waals surface area contributed by atoms with Crippen molar-refractivity contribution in [3.8, 4) is 0 Å². The molecule has 3 heterocycles. The van der Waals surface area contributed by atoms with Crippen LogP contribution in [0.25, 0.3) is 0 Å². The monoisotopic (exact) mass is 553 g/mol. The molecule has 0 bridgehead atoms. The van der Waals surface area contributed by atoms with Gasteiger partial charge in [-0.15, -0.1) is 0 Å². The summed E-state index contributed by atoms with van der Waals surface area (Å²) in [6.07, 6.45) is 11.1. The van der Waals surface area contributed by atoms with Gasteiger partial charge in [-0.2, -0.15) is 4.58 Å². The van der Waals surface area contributed by atoms with E-state index in [-0.39, 0.29) is 10.8 Å². The summed E-state index contributed by atoms with van der Waals surface area (Å²) < 4.78 is 2.40. The van der Waals surface area contributed by atoms with E-state index in [0.29, 0.717) is 13.0 Å². The van der Waals surface area contributed by atoms with Gasteiger partial charge < -0.3 is 24.8 Å². The number of carbonyl (C=O) groups excluding carboxylic acids is 1. The van der Waals surface area contributed by atoms with Crippen molar-refractivity contribution < 1.29 is 19.6 Å². The number of aliphatic hydroxyl groups excluding tert-OH is 1. The summed E-state index contributed by atoms with van der Waals surface area (Å²) in [5, 5.41) is 22.3. The average Bonchev–Trinajstić information content (AvgIpc) is 3.30. The van der Waals surface area contributed by atoms with E-state index in [0.717, 1.165) is 30.9 Å². The first kappa shape index (κ1) is 28.9. The molecule has 3 aliphatic heterocycles. The van der Waals surface area contributed by atoms with Crippen molar-refractivity contribution in [3.05, 3.63) is 89.7 Å². The van der Waals surface area contributed by atoms with E-state index in [4.69, 9.17) is 0 Å². The molecular formula is C35H43N3O3. The summed E-state index contributed by atoms with van der Waals surface area (Å²) in [6.45, 7) is 15.7. The maximum atomic E-state index is 11.9. The summed E-state index contributed by atoms with van der Waals surface area (Å²) in [7, 11) is 0. The molecule has 6 nitrogen and oxygen atoms in total. The first-order chi connectivity index (χ1) is 19.5. The lowest BCUT2D eigenvalue weighted by atomic mass is 9.81. The maximum absolute atomic E-state index is 11.9. The van der Waals surface area contributed by atoms with Crippen molar-refractivity contribution in [2.45, 2.75) is 77.4 Å². The molecule has 1 saturated heterocycles. The second kappa shape index (κ2) is 11.0. The van der Waals surface area contributed by atoms with E-state index in [9.17, 15) is 15.0 Å². The van der Waals surface area contributed by atoms with Crippen LogP contribution < -0.4 is 14.9 Å². The summed E-state index contributed by atoms with van der Waals surface area (Å²) in [4.78, 5) is 16.0. The Hall–Kier alpha value is -3.64. The van der Waals surface area contributed by atoms with Crippen LogP contribution in [0.3, 0.4) is 0 Å². The number of nitrogens with zero attached hydrogens (tertiary/aromatic N) is 3. The van der Waals surface area contributed by atoms with Crippen molar-refractivity contribution in [2.75, 3.05) is 29.4 Å². The van der Waals surface area contributed by atoms with E-state index < -0.39 is 18.1 Å². The van der Waals surface area contributed by atoms with Gasteiger partial charge in [0, 0.05) is 53.3 Å². The van der Waals surface area contributed by atoms with Gasteiger partial charge in [0.05, 0.1) is 23.5 Å². The van der Waals surface area contributed by atoms with E-state index in [2.05, 4.69) is 118 Å². The molecule has 0 radical (unpaired) electrons. The maximum Gasteiger partial charge on any atom is 0.209 e. The lowest BCUT2D eigenvalue weighted by Crippen LogP contribution is -2.57. The number of carboxylic acids is 1. The van der Waals surface area contributed by atoms with Crippen LogP contribution in [-0.4, -0.2) is 53.1 Å². The van der Waals surface area contributed by atoms with Gasteiger partial charge in [0.25, 0.3) is 0 Å². The van der Waals surface area contributed by atoms with Crippen LogP contribution in [-0.2, 0) is 15.6 Å². The number of anilines is 2. The fraction of sp³-hybridized carbons (Fsp3) is 0.429. The topological polar surface area (TPSA) is 69.8 Å². The van der Waals surface area contributed by atoms with Gasteiger partial charge in [-0.25, -0.2) is 0 Å². The summed E-state index contributed by atoms with van der Waals surface area (Å²) in [5.74, 6) is -1.23. The van der Waals surface area contributed by atoms with Crippen LogP contribution in [0.2, 0.25) is 0 Å². The number of carboxylic acid groups (broad SMARTS) is 1. The molecule has 1 N–H and O–H groups in total. The first-order valence-corrected chi connectivity index (χ1v) is 14.9. The molecule has 0 aromatic heterocycles. The quantitative estimate of drug-likeness (QED) is 0.387. The van der Waals surface area contributed by atoms with Crippen LogP contribution in [0.15, 0.2) is 78.5 Å². The number of piperidine rings is 1. The lowest BCUT2D eigenvalue weighted by molar-refractivity contribution is -0.433. The molecule has 0 aliphatic carbocycles. The number of likely N-dealkylation sites (N-methyl/N-ethyl adjacent to an activating group) is 1. The van der Waals surface area contributed by atoms with Crippen LogP contribution in [0, 0.1) is 0 Å². The van der Waals surface area contributed by atoms with Gasteiger partial charge in [-0.3, -0.25) is 0 Å². The van der Waals surface area contributed by atoms with Gasteiger partial charge in [0.1, 0.15) is 6.54 Å². The number of benzene rings is 2. The predicted octanol–water partition coefficient (Wildman–Crippen LogP) is 4.98. The third kappa shape index (κ3) is 4.82. The van der Waals surface area contributed by atoms with Crippen molar-refractivity contribution >= 4 is 28.7 Å². The molecule has 2 aromatic rings. The minimum Gasteiger partial charge on any atom is -0.548 e. The third-order valence-corrected chi connectivity index (χ3v) is 9.21. The van der Waals surface area contributed by atoms with Crippen LogP contribution in [0.4, 0.5) is 17.1 Å². The molecule has 2 atom stereocenters. The molecule has 2 aromatic carbocycles. The molecule has 2 unspecified atom stereocenters. The minimum atomic E-state index is -1.23. The van der Waals surface area contributed by atoms with Gasteiger partial charge in [-0.1, -0.05) is 56.3 Å². The first-order valence-electron chi connectivity index (χ1n) is 14.9. The van der Waals surface area contributed by atoms with Gasteiger partial charge in [0.2, 0.25) is 5.69 Å². The molecule has 3 aliphatic rings. The second-order valence-electron chi connectivity index (χ2n) is 12.3. The van der Waals surface area contributed by atoms with Gasteiger partial charge >= 0.3 is 0 Å². The lowest BCUT2D eigenvalue weighted by Gasteiger charge is -2.41. The van der Waals surface area contributed by atoms with E-state index >= 15 is 0 Å². The van der Waals surface area contributed by atoms with Gasteiger partial charge in [0.15, 0.2) is 5.71 Å². The number of aliphatic hydroxyl groups is 1. The fourth-order valence-corrected chi connectivity index (χ4v) is 7.08. The SMILES string of the molecule is CCN1/C(=C/C=C/C=C/C2=[N+](CC)c3ccccc3C2(C)C)C(C)(C)c2ccc(N3CCCC(O)C3C(=O)[O-])cc21. The zero-order chi connectivity index (χ0) is 29.5. The standard InChI is InChI=1S/C35H43N3O3/c1-7-36-27-16-13-12-15-25(27)34(3,4)30(36)18-10-9-11-19-31-35(5,6)26-21-20-24(23-28(26)37(31)8-2)38-22-14-17-29(39)32(38)33(40)41/h9-13,15-16,18-21,23,29,32,39H,7-8,14,17,22H2,1-6H3. The number of rotatable bonds is 7. The van der Waals surface area contributed by atoms with E-state index in [1.54, 1.807) is 4.90 Å². The number of hydrogen-bond donors (Lipinski definition) is 1. The Balaban J connectivity index is 1.41. The van der Waals surface area contributed by atoms with Crippen LogP contribution in [0.1, 0.15) is 65.5 Å². The minimum absolute atomic E-state index is 0.0542. The Bertz CT molecular complexity index is 1460. The molecular weight excluding hydrogens is 510 g/mol. The Morgan fingerprint density at radius 3 is 2.51 bits per heavy atom. The zero-order valence-electron chi connectivity index (χ0n) is 25.2. The summed E-state index contributed by atoms with van der Waals surface area (Å²) in [6, 6.07) is 13.8. The highest BCUT2D eigenvalue weighted by atomic mass is 16.4. The van der Waals surface area contributed by atoms with Crippen molar-refractivity contribution in [1.82, 2.24) is 0 Å². The number of aliphatic carboxylic acids is 1. The Labute approximate surface area is 244 Å². The zero-order valence-corrected chi connectivity index (χ0v) is 25.2. The summed E-state index contributed by atoms with van der Waals surface area (Å²) in [5.41, 5.74) is 7.99. The molecule has 0 spiro atoms. The molecule has 41 heavy (non-hydrogen) atoms. The molecule has 1 fully saturated rings. The molecule has 0 saturated carbocycles. The van der Waals surface area contributed by atoms with Gasteiger partial charge in [-0.05, 0) is 64.3 Å². The fourth-order valence-electron chi connectivity index (χ4n) is 7.08. The Morgan fingerprint density at radius 2 is 1.80 bits per heavy atom. The number of allylic oxidation sites excluding steroid dienone is 6. The molecule has 0 amide bonds. The number of hydrogen-bond acceptors (Lipinski definition) is 5. The molecule has 6 heteroatoms. The Kier molecular flexibility index (Phi) is 7.73. The van der Waals surface area contributed by atoms with Crippen molar-refractivity contribution in [2.24, 2.45) is 0 Å². The third-order valence-electron chi connectivity index (χ3n) is 9.21. The highest BCUT2D eigenvalue weighted by Gasteiger charge is 2.43. The largest absolute Gasteiger partial charge is 0.548 e. The summed E-state index contributed by atoms with van der Waals surface area (Å²) >= 11 is 0. The van der Waals surface area contributed by atoms with E-state index in [1.165, 1.54) is 28.2 Å². The smallest absolute Gasteiger partial charge is 0.209 e. The van der Waals surface area contributed by atoms with E-state index in [1.807, 2.05) is 6.07 Å². The van der Waals surface area contributed by atoms with Crippen molar-refractivity contribution in [1.29, 1.82) is 0 Å². The second-order valence-corrected chi connectivity index (χ2v) is 12.3. The molecule has 216 valence electrons. The predicted molar refractivity (Wildman–Crippen MR) is 165 cm³/mol. The Morgan fingerprint density at radius 1 is 1.05 bits per heavy atom. The van der Waals surface area contributed by atoms with Crippen LogP contribution in [0.5, 0.6) is 0 Å². The highest BCUT2D eigenvalue weighted by molar-refractivity contribution is 6.03. The van der Waals surface area contributed by atoms with Crippen LogP contribution >= 0.6 is 0 Å². The van der Waals surface area contributed by atoms with Crippen molar-refractivity contribution in [3.63, 3.8) is 0 Å². The average molecular weight is 554 g/mol. The normalized spacial score (nSPS) is 24.1. The highest BCUT2D eigenvalue weighted by Crippen LogP contribution is 2.49. The molecule has 5 rings (SSSR count). The number of para-hydroxylation sites is 1. The number of fused-ring (bicyclic) bond motifs is 2. The number of carbonyl (C=O) groups is 1.